The molecule has 4 heteroatoms. The first-order valence-corrected chi connectivity index (χ1v) is 1.74. The Bertz CT molecular complexity index is 100.0. The molecule has 0 aliphatic rings. The van der Waals surface area contributed by atoms with Gasteiger partial charge in [-0.1, -0.05) is 0 Å². The van der Waals surface area contributed by atoms with E-state index in [9.17, 15) is 0 Å². The van der Waals surface area contributed by atoms with Crippen LogP contribution in [0.5, 0.6) is 0 Å². The summed E-state index contributed by atoms with van der Waals surface area (Å²) >= 11 is 0. The van der Waals surface area contributed by atoms with Gasteiger partial charge in [0.15, 0.2) is 6.19 Å². The molecule has 38 valence electrons. The van der Waals surface area contributed by atoms with E-state index in [0.29, 0.717) is 0 Å². The van der Waals surface area contributed by atoms with Gasteiger partial charge in [0.05, 0.1) is 6.54 Å². The summed E-state index contributed by atoms with van der Waals surface area (Å²) in [6, 6.07) is 0. The molecule has 0 rings (SSSR count). The van der Waals surface area contributed by atoms with E-state index in [-0.39, 0.29) is 12.4 Å². The molecule has 4 N–H and O–H groups in total. The highest BCUT2D eigenvalue weighted by Crippen LogP contribution is 1.52. The third kappa shape index (κ3) is 2.73. The molecule has 0 radical (unpaired) electrons. The van der Waals surface area contributed by atoms with Crippen molar-refractivity contribution in [2.45, 2.75) is 0 Å². The number of nitrogens with one attached hydrogen (secondary N) is 2. The second-order valence-electron chi connectivity index (χ2n) is 0.919. The van der Waals surface area contributed by atoms with Crippen LogP contribution >= 0.6 is 0 Å². The molecule has 0 aromatic rings. The molecule has 0 saturated carbocycles. The molecular weight excluding hydrogens is 92.1 g/mol. The van der Waals surface area contributed by atoms with Crippen molar-refractivity contribution in [1.82, 2.24) is 5.32 Å². The lowest BCUT2D eigenvalue weighted by molar-refractivity contribution is 1.13. The van der Waals surface area contributed by atoms with Crippen LogP contribution in [0, 0.1) is 16.9 Å². The van der Waals surface area contributed by atoms with Gasteiger partial charge in [0.2, 0.25) is 0 Å². The van der Waals surface area contributed by atoms with Crippen molar-refractivity contribution >= 4 is 5.84 Å². The Labute approximate surface area is 41.4 Å². The maximum atomic E-state index is 7.81. The number of amidine groups is 1. The summed E-state index contributed by atoms with van der Waals surface area (Å²) in [6.07, 6.45) is 1.56. The lowest BCUT2D eigenvalue weighted by Crippen LogP contribution is -2.25. The number of rotatable bonds is 1. The zero-order valence-electron chi connectivity index (χ0n) is 3.73. The SMILES string of the molecule is N#CNC(=N)CN. The van der Waals surface area contributed by atoms with Gasteiger partial charge in [-0.05, 0) is 0 Å². The van der Waals surface area contributed by atoms with Gasteiger partial charge in [-0.2, -0.15) is 5.26 Å². The second-order valence-corrected chi connectivity index (χ2v) is 0.919. The minimum absolute atomic E-state index is 0.0440. The van der Waals surface area contributed by atoms with Crippen LogP contribution in [-0.4, -0.2) is 12.4 Å². The highest BCUT2D eigenvalue weighted by atomic mass is 14.9. The largest absolute Gasteiger partial charge is 0.324 e. The van der Waals surface area contributed by atoms with Crippen molar-refractivity contribution in [1.29, 1.82) is 10.7 Å². The van der Waals surface area contributed by atoms with Gasteiger partial charge in [-0.15, -0.1) is 0 Å². The summed E-state index contributed by atoms with van der Waals surface area (Å²) in [5.41, 5.74) is 4.92. The fraction of sp³-hybridized carbons (Fsp3) is 0.333. The molecule has 4 nitrogen and oxygen atoms in total. The second kappa shape index (κ2) is 3.12. The van der Waals surface area contributed by atoms with Gasteiger partial charge in [-0.3, -0.25) is 10.7 Å². The molecule has 0 aromatic heterocycles. The van der Waals surface area contributed by atoms with Crippen LogP contribution in [0.4, 0.5) is 0 Å². The van der Waals surface area contributed by atoms with Gasteiger partial charge >= 0.3 is 0 Å². The first-order valence-electron chi connectivity index (χ1n) is 1.74. The Hall–Kier alpha value is -1.08. The van der Waals surface area contributed by atoms with Crippen LogP contribution in [0.15, 0.2) is 0 Å². The maximum Gasteiger partial charge on any atom is 0.182 e. The van der Waals surface area contributed by atoms with Gasteiger partial charge in [0, 0.05) is 0 Å². The van der Waals surface area contributed by atoms with E-state index in [1.54, 1.807) is 6.19 Å². The lowest BCUT2D eigenvalue weighted by Gasteiger charge is -1.89. The monoisotopic (exact) mass is 98.1 g/mol. The Balaban J connectivity index is 3.23. The standard InChI is InChI=1S/C3H6N4/c4-1-3(6)7-2-5/h1,4H2,(H2,6,7). The predicted octanol–water partition coefficient (Wildman–Crippen LogP) is -1.01. The maximum absolute atomic E-state index is 7.81. The van der Waals surface area contributed by atoms with E-state index in [0.717, 1.165) is 0 Å². The normalized spacial score (nSPS) is 6.86. The molecule has 0 aliphatic heterocycles. The van der Waals surface area contributed by atoms with Crippen molar-refractivity contribution in [3.8, 4) is 6.19 Å². The van der Waals surface area contributed by atoms with Crippen LogP contribution in [-0.2, 0) is 0 Å². The Morgan fingerprint density at radius 1 is 2.00 bits per heavy atom. The first-order chi connectivity index (χ1) is 3.31. The molecule has 0 saturated heterocycles. The van der Waals surface area contributed by atoms with Gasteiger partial charge in [0.25, 0.3) is 0 Å². The van der Waals surface area contributed by atoms with Crippen LogP contribution in [0.2, 0.25) is 0 Å². The van der Waals surface area contributed by atoms with E-state index in [4.69, 9.17) is 16.4 Å². The van der Waals surface area contributed by atoms with E-state index >= 15 is 0 Å². The highest BCUT2D eigenvalue weighted by Gasteiger charge is 1.83. The lowest BCUT2D eigenvalue weighted by atomic mass is 10.6. The molecular formula is C3H6N4. The van der Waals surface area contributed by atoms with E-state index in [1.165, 1.54) is 0 Å². The summed E-state index contributed by atoms with van der Waals surface area (Å²) in [5, 5.41) is 16.5. The average Bonchev–Trinajstić information content (AvgIpc) is 1.68. The average molecular weight is 98.1 g/mol. The van der Waals surface area contributed by atoms with Gasteiger partial charge in [-0.25, -0.2) is 0 Å². The Morgan fingerprint density at radius 3 is 2.71 bits per heavy atom. The summed E-state index contributed by atoms with van der Waals surface area (Å²) in [4.78, 5) is 0. The van der Waals surface area contributed by atoms with E-state index in [1.807, 2.05) is 0 Å². The minimum atomic E-state index is 0.0440. The minimum Gasteiger partial charge on any atom is -0.324 e. The third-order valence-electron chi connectivity index (χ3n) is 0.411. The summed E-state index contributed by atoms with van der Waals surface area (Å²) in [7, 11) is 0. The molecule has 0 aromatic carbocycles. The van der Waals surface area contributed by atoms with Crippen molar-refractivity contribution in [2.24, 2.45) is 5.73 Å². The number of nitriles is 1. The van der Waals surface area contributed by atoms with Gasteiger partial charge < -0.3 is 5.73 Å². The fourth-order valence-corrected chi connectivity index (χ4v) is 0.119. The molecule has 0 fully saturated rings. The number of nitrogens with zero attached hydrogens (tertiary/aromatic N) is 1. The van der Waals surface area contributed by atoms with Crippen molar-refractivity contribution in [3.63, 3.8) is 0 Å². The predicted molar refractivity (Wildman–Crippen MR) is 25.5 cm³/mol. The molecule has 0 unspecified atom stereocenters. The zero-order valence-corrected chi connectivity index (χ0v) is 3.73. The highest BCUT2D eigenvalue weighted by molar-refractivity contribution is 5.81. The molecule has 7 heavy (non-hydrogen) atoms. The van der Waals surface area contributed by atoms with Gasteiger partial charge in [0.1, 0.15) is 5.84 Å². The topological polar surface area (TPSA) is 85.7 Å². The number of hydrogen-bond acceptors (Lipinski definition) is 3. The zero-order chi connectivity index (χ0) is 5.70. The molecule has 0 heterocycles. The number of hydrogen-bond donors (Lipinski definition) is 3. The molecule has 0 atom stereocenters. The van der Waals surface area contributed by atoms with E-state index in [2.05, 4.69) is 5.32 Å². The Morgan fingerprint density at radius 2 is 2.57 bits per heavy atom. The van der Waals surface area contributed by atoms with Crippen LogP contribution in [0.3, 0.4) is 0 Å². The molecule has 0 bridgehead atoms. The quantitative estimate of drug-likeness (QED) is 0.170. The molecule has 0 aliphatic carbocycles. The molecule has 0 amide bonds. The third-order valence-corrected chi connectivity index (χ3v) is 0.411. The summed E-state index contributed by atoms with van der Waals surface area (Å²) in [6.45, 7) is 0.0908. The van der Waals surface area contributed by atoms with Crippen LogP contribution in [0.25, 0.3) is 0 Å². The number of nitrogens with two attached hydrogens (primary N) is 1. The van der Waals surface area contributed by atoms with E-state index < -0.39 is 0 Å². The first kappa shape index (κ1) is 5.92. The Kier molecular flexibility index (Phi) is 2.64. The van der Waals surface area contributed by atoms with Crippen molar-refractivity contribution < 1.29 is 0 Å². The fourth-order valence-electron chi connectivity index (χ4n) is 0.119. The molecule has 0 spiro atoms. The van der Waals surface area contributed by atoms with Crippen molar-refractivity contribution in [2.75, 3.05) is 6.54 Å². The van der Waals surface area contributed by atoms with Crippen LogP contribution in [0.1, 0.15) is 0 Å². The smallest absolute Gasteiger partial charge is 0.182 e. The van der Waals surface area contributed by atoms with Crippen LogP contribution < -0.4 is 11.1 Å². The summed E-state index contributed by atoms with van der Waals surface area (Å²) < 4.78 is 0. The van der Waals surface area contributed by atoms with Crippen molar-refractivity contribution in [3.05, 3.63) is 0 Å². The summed E-state index contributed by atoms with van der Waals surface area (Å²) in [5.74, 6) is 0.0440.